The highest BCUT2D eigenvalue weighted by Crippen LogP contribution is 2.41. The van der Waals surface area contributed by atoms with E-state index in [0.29, 0.717) is 12.1 Å². The first-order chi connectivity index (χ1) is 7.24. The number of hydrogen-bond acceptors (Lipinski definition) is 3. The Morgan fingerprint density at radius 1 is 1.53 bits per heavy atom. The fraction of sp³-hybridized carbons (Fsp3) is 0.909. The Bertz CT molecular complexity index is 247. The quantitative estimate of drug-likeness (QED) is 0.728. The smallest absolute Gasteiger partial charge is 0.308 e. The van der Waals surface area contributed by atoms with Gasteiger partial charge in [-0.2, -0.15) is 11.8 Å². The van der Waals surface area contributed by atoms with E-state index in [9.17, 15) is 4.79 Å². The highest BCUT2D eigenvalue weighted by molar-refractivity contribution is 7.98. The first kappa shape index (κ1) is 11.3. The summed E-state index contributed by atoms with van der Waals surface area (Å²) in [5.41, 5.74) is 0. The molecular weight excluding hydrogens is 210 g/mol. The lowest BCUT2D eigenvalue weighted by Gasteiger charge is -2.22. The van der Waals surface area contributed by atoms with Crippen molar-refractivity contribution in [3.8, 4) is 0 Å². The van der Waals surface area contributed by atoms with Crippen LogP contribution in [0.2, 0.25) is 0 Å². The Kier molecular flexibility index (Phi) is 3.57. The number of thioether (sulfide) groups is 1. The van der Waals surface area contributed by atoms with Crippen LogP contribution in [0.1, 0.15) is 25.7 Å². The van der Waals surface area contributed by atoms with Gasteiger partial charge in [0.25, 0.3) is 0 Å². The molecule has 2 bridgehead atoms. The third-order valence-electron chi connectivity index (χ3n) is 3.76. The SMILES string of the molecule is CSCCCN1C2CCC1C(C(=O)O)C2. The van der Waals surface area contributed by atoms with Crippen LogP contribution in [0, 0.1) is 5.92 Å². The van der Waals surface area contributed by atoms with Crippen LogP contribution in [0.25, 0.3) is 0 Å². The lowest BCUT2D eigenvalue weighted by molar-refractivity contribution is -0.142. The van der Waals surface area contributed by atoms with Gasteiger partial charge in [-0.1, -0.05) is 0 Å². The molecular formula is C11H19NO2S. The molecule has 3 nitrogen and oxygen atoms in total. The Labute approximate surface area is 95.2 Å². The Morgan fingerprint density at radius 2 is 2.33 bits per heavy atom. The van der Waals surface area contributed by atoms with Gasteiger partial charge in [0.1, 0.15) is 0 Å². The minimum absolute atomic E-state index is 0.0852. The summed E-state index contributed by atoms with van der Waals surface area (Å²) in [4.78, 5) is 13.5. The minimum Gasteiger partial charge on any atom is -0.481 e. The second-order valence-electron chi connectivity index (χ2n) is 4.56. The third-order valence-corrected chi connectivity index (χ3v) is 4.46. The average molecular weight is 229 g/mol. The zero-order valence-corrected chi connectivity index (χ0v) is 10.0. The summed E-state index contributed by atoms with van der Waals surface area (Å²) in [5.74, 6) is 0.517. The van der Waals surface area contributed by atoms with Gasteiger partial charge < -0.3 is 5.11 Å². The molecule has 0 amide bonds. The van der Waals surface area contributed by atoms with Crippen molar-refractivity contribution in [3.05, 3.63) is 0 Å². The number of hydrogen-bond donors (Lipinski definition) is 1. The van der Waals surface area contributed by atoms with E-state index < -0.39 is 5.97 Å². The molecule has 3 unspecified atom stereocenters. The molecule has 2 aliphatic rings. The van der Waals surface area contributed by atoms with Crippen LogP contribution < -0.4 is 0 Å². The second kappa shape index (κ2) is 4.74. The van der Waals surface area contributed by atoms with Gasteiger partial charge in [0.15, 0.2) is 0 Å². The summed E-state index contributed by atoms with van der Waals surface area (Å²) in [6.07, 6.45) is 6.52. The molecule has 0 aliphatic carbocycles. The van der Waals surface area contributed by atoms with E-state index in [2.05, 4.69) is 11.2 Å². The highest BCUT2D eigenvalue weighted by Gasteiger charge is 2.48. The van der Waals surface area contributed by atoms with E-state index in [-0.39, 0.29) is 5.92 Å². The minimum atomic E-state index is -0.586. The van der Waals surface area contributed by atoms with E-state index in [1.54, 1.807) is 0 Å². The van der Waals surface area contributed by atoms with Gasteiger partial charge in [-0.15, -0.1) is 0 Å². The lowest BCUT2D eigenvalue weighted by Crippen LogP contribution is -2.33. The highest BCUT2D eigenvalue weighted by atomic mass is 32.2. The molecule has 86 valence electrons. The maximum absolute atomic E-state index is 11.0. The standard InChI is InChI=1S/C11H19NO2S/c1-15-6-2-5-12-8-3-4-10(12)9(7-8)11(13)14/h8-10H,2-7H2,1H3,(H,13,14). The Hall–Kier alpha value is -0.220. The van der Waals surface area contributed by atoms with Crippen LogP contribution in [0.5, 0.6) is 0 Å². The molecule has 0 radical (unpaired) electrons. The van der Waals surface area contributed by atoms with Crippen LogP contribution in [-0.4, -0.2) is 46.6 Å². The lowest BCUT2D eigenvalue weighted by atomic mass is 9.89. The fourth-order valence-electron chi connectivity index (χ4n) is 3.11. The van der Waals surface area contributed by atoms with Crippen LogP contribution in [-0.2, 0) is 4.79 Å². The zero-order valence-electron chi connectivity index (χ0n) is 9.19. The molecule has 0 aromatic carbocycles. The second-order valence-corrected chi connectivity index (χ2v) is 5.55. The van der Waals surface area contributed by atoms with Crippen LogP contribution in [0.15, 0.2) is 0 Å². The molecule has 2 aliphatic heterocycles. The molecule has 1 N–H and O–H groups in total. The Morgan fingerprint density at radius 3 is 2.93 bits per heavy atom. The van der Waals surface area contributed by atoms with Gasteiger partial charge in [0.2, 0.25) is 0 Å². The molecule has 15 heavy (non-hydrogen) atoms. The third kappa shape index (κ3) is 2.16. The molecule has 2 fully saturated rings. The van der Waals surface area contributed by atoms with E-state index >= 15 is 0 Å². The van der Waals surface area contributed by atoms with Gasteiger partial charge in [-0.25, -0.2) is 0 Å². The van der Waals surface area contributed by atoms with Crippen molar-refractivity contribution in [2.45, 2.75) is 37.8 Å². The summed E-state index contributed by atoms with van der Waals surface area (Å²) in [6, 6.07) is 0.910. The predicted octanol–water partition coefficient (Wildman–Crippen LogP) is 1.68. The van der Waals surface area contributed by atoms with Crippen molar-refractivity contribution in [3.63, 3.8) is 0 Å². The number of aliphatic carboxylic acids is 1. The number of nitrogens with zero attached hydrogens (tertiary/aromatic N) is 1. The summed E-state index contributed by atoms with van der Waals surface area (Å²) in [7, 11) is 0. The number of carboxylic acids is 1. The number of rotatable bonds is 5. The van der Waals surface area contributed by atoms with Crippen LogP contribution >= 0.6 is 11.8 Å². The van der Waals surface area contributed by atoms with Crippen molar-refractivity contribution in [2.75, 3.05) is 18.6 Å². The van der Waals surface area contributed by atoms with E-state index in [1.807, 2.05) is 11.8 Å². The maximum atomic E-state index is 11.0. The van der Waals surface area contributed by atoms with Crippen molar-refractivity contribution < 1.29 is 9.90 Å². The molecule has 3 atom stereocenters. The van der Waals surface area contributed by atoms with E-state index in [4.69, 9.17) is 5.11 Å². The van der Waals surface area contributed by atoms with Crippen LogP contribution in [0.3, 0.4) is 0 Å². The molecule has 2 rings (SSSR count). The molecule has 0 aromatic rings. The van der Waals surface area contributed by atoms with Gasteiger partial charge >= 0.3 is 5.97 Å². The number of carbonyl (C=O) groups is 1. The first-order valence-electron chi connectivity index (χ1n) is 5.71. The summed E-state index contributed by atoms with van der Waals surface area (Å²) in [5, 5.41) is 9.09. The predicted molar refractivity (Wildman–Crippen MR) is 62.3 cm³/mol. The maximum Gasteiger partial charge on any atom is 0.308 e. The fourth-order valence-corrected chi connectivity index (χ4v) is 3.52. The monoisotopic (exact) mass is 229 g/mol. The Balaban J connectivity index is 1.89. The summed E-state index contributed by atoms with van der Waals surface area (Å²) < 4.78 is 0. The van der Waals surface area contributed by atoms with Gasteiger partial charge in [0, 0.05) is 12.1 Å². The van der Waals surface area contributed by atoms with Crippen LogP contribution in [0.4, 0.5) is 0 Å². The molecule has 0 spiro atoms. The molecule has 0 saturated carbocycles. The van der Waals surface area contributed by atoms with E-state index in [1.165, 1.54) is 18.6 Å². The van der Waals surface area contributed by atoms with Gasteiger partial charge in [-0.3, -0.25) is 9.69 Å². The summed E-state index contributed by atoms with van der Waals surface area (Å²) in [6.45, 7) is 1.10. The largest absolute Gasteiger partial charge is 0.481 e. The number of carboxylic acid groups (broad SMARTS) is 1. The number of fused-ring (bicyclic) bond motifs is 2. The molecule has 4 heteroatoms. The molecule has 2 heterocycles. The average Bonchev–Trinajstić information content (AvgIpc) is 2.75. The van der Waals surface area contributed by atoms with Crippen molar-refractivity contribution in [1.82, 2.24) is 4.90 Å². The van der Waals surface area contributed by atoms with Crippen molar-refractivity contribution in [2.24, 2.45) is 5.92 Å². The first-order valence-corrected chi connectivity index (χ1v) is 7.11. The summed E-state index contributed by atoms with van der Waals surface area (Å²) >= 11 is 1.87. The van der Waals surface area contributed by atoms with E-state index in [0.717, 1.165) is 19.4 Å². The zero-order chi connectivity index (χ0) is 10.8. The molecule has 0 aromatic heterocycles. The normalized spacial score (nSPS) is 34.9. The molecule has 2 saturated heterocycles. The van der Waals surface area contributed by atoms with Gasteiger partial charge in [0.05, 0.1) is 5.92 Å². The van der Waals surface area contributed by atoms with Gasteiger partial charge in [-0.05, 0) is 44.2 Å². The van der Waals surface area contributed by atoms with Crippen molar-refractivity contribution >= 4 is 17.7 Å². The topological polar surface area (TPSA) is 40.5 Å². The van der Waals surface area contributed by atoms with Crippen molar-refractivity contribution in [1.29, 1.82) is 0 Å².